The van der Waals surface area contributed by atoms with Gasteiger partial charge in [0.1, 0.15) is 12.4 Å². The zero-order valence-electron chi connectivity index (χ0n) is 12.8. The molecule has 114 valence electrons. The molecule has 0 fully saturated rings. The van der Waals surface area contributed by atoms with Gasteiger partial charge in [-0.15, -0.1) is 0 Å². The predicted octanol–water partition coefficient (Wildman–Crippen LogP) is 2.68. The van der Waals surface area contributed by atoms with Gasteiger partial charge < -0.3 is 10.1 Å². The van der Waals surface area contributed by atoms with Gasteiger partial charge in [0.2, 0.25) is 5.78 Å². The number of hydrogen-bond donors (Lipinski definition) is 1. The maximum Gasteiger partial charge on any atom is 0.292 e. The van der Waals surface area contributed by atoms with E-state index in [4.69, 9.17) is 4.74 Å². The fraction of sp³-hybridized carbons (Fsp3) is 0.222. The van der Waals surface area contributed by atoms with E-state index in [1.165, 1.54) is 0 Å². The number of amides is 1. The van der Waals surface area contributed by atoms with Gasteiger partial charge in [-0.1, -0.05) is 42.0 Å². The van der Waals surface area contributed by atoms with E-state index in [9.17, 15) is 9.59 Å². The fourth-order valence-electron chi connectivity index (χ4n) is 1.95. The van der Waals surface area contributed by atoms with Crippen LogP contribution < -0.4 is 10.1 Å². The molecule has 0 bridgehead atoms. The average molecular weight is 297 g/mol. The molecule has 0 aliphatic rings. The number of ketones is 1. The summed E-state index contributed by atoms with van der Waals surface area (Å²) >= 11 is 0. The standard InChI is InChI=1S/C18H19NO3/c1-13-6-8-15(9-7-13)17(20)18(21)19-10-11-22-16-5-3-4-14(2)12-16/h3-9,12H,10-11H2,1-2H3,(H,19,21). The Hall–Kier alpha value is -2.62. The summed E-state index contributed by atoms with van der Waals surface area (Å²) in [4.78, 5) is 23.7. The van der Waals surface area contributed by atoms with E-state index < -0.39 is 11.7 Å². The molecular weight excluding hydrogens is 278 g/mol. The monoisotopic (exact) mass is 297 g/mol. The van der Waals surface area contributed by atoms with Crippen LogP contribution in [0, 0.1) is 13.8 Å². The predicted molar refractivity (Wildman–Crippen MR) is 85.2 cm³/mol. The number of carbonyl (C=O) groups excluding carboxylic acids is 2. The Kier molecular flexibility index (Phi) is 5.31. The first-order valence-corrected chi connectivity index (χ1v) is 7.15. The maximum absolute atomic E-state index is 11.9. The van der Waals surface area contributed by atoms with E-state index in [-0.39, 0.29) is 6.54 Å². The highest BCUT2D eigenvalue weighted by Gasteiger charge is 2.15. The van der Waals surface area contributed by atoms with Crippen molar-refractivity contribution in [3.63, 3.8) is 0 Å². The molecule has 2 rings (SSSR count). The van der Waals surface area contributed by atoms with Crippen LogP contribution in [0.2, 0.25) is 0 Å². The molecule has 0 spiro atoms. The minimum absolute atomic E-state index is 0.282. The Labute approximate surface area is 130 Å². The van der Waals surface area contributed by atoms with Crippen molar-refractivity contribution < 1.29 is 14.3 Å². The largest absolute Gasteiger partial charge is 0.492 e. The molecule has 0 unspecified atom stereocenters. The van der Waals surface area contributed by atoms with Gasteiger partial charge >= 0.3 is 0 Å². The van der Waals surface area contributed by atoms with E-state index in [0.29, 0.717) is 12.2 Å². The van der Waals surface area contributed by atoms with Crippen LogP contribution in [0.5, 0.6) is 5.75 Å². The second kappa shape index (κ2) is 7.41. The van der Waals surface area contributed by atoms with Crippen molar-refractivity contribution in [1.82, 2.24) is 5.32 Å². The van der Waals surface area contributed by atoms with Crippen LogP contribution in [0.15, 0.2) is 48.5 Å². The lowest BCUT2D eigenvalue weighted by molar-refractivity contribution is -0.117. The highest BCUT2D eigenvalue weighted by Crippen LogP contribution is 2.11. The van der Waals surface area contributed by atoms with Gasteiger partial charge in [0.05, 0.1) is 6.54 Å². The van der Waals surface area contributed by atoms with Crippen molar-refractivity contribution >= 4 is 11.7 Å². The second-order valence-corrected chi connectivity index (χ2v) is 5.12. The van der Waals surface area contributed by atoms with Gasteiger partial charge in [-0.25, -0.2) is 0 Å². The van der Waals surface area contributed by atoms with Crippen LogP contribution in [-0.4, -0.2) is 24.8 Å². The second-order valence-electron chi connectivity index (χ2n) is 5.12. The van der Waals surface area contributed by atoms with Crippen molar-refractivity contribution in [2.45, 2.75) is 13.8 Å². The summed E-state index contributed by atoms with van der Waals surface area (Å²) in [6.45, 7) is 4.51. The molecule has 0 aromatic heterocycles. The van der Waals surface area contributed by atoms with Crippen molar-refractivity contribution in [3.8, 4) is 5.75 Å². The van der Waals surface area contributed by atoms with Gasteiger partial charge in [-0.05, 0) is 31.5 Å². The number of aryl methyl sites for hydroxylation is 2. The summed E-state index contributed by atoms with van der Waals surface area (Å²) in [5.74, 6) is -0.397. The molecule has 0 radical (unpaired) electrons. The quantitative estimate of drug-likeness (QED) is 0.507. The number of ether oxygens (including phenoxy) is 1. The molecule has 4 nitrogen and oxygen atoms in total. The van der Waals surface area contributed by atoms with Crippen LogP contribution >= 0.6 is 0 Å². The number of nitrogens with one attached hydrogen (secondary N) is 1. The molecule has 2 aromatic carbocycles. The van der Waals surface area contributed by atoms with E-state index >= 15 is 0 Å². The Morgan fingerprint density at radius 1 is 1.00 bits per heavy atom. The van der Waals surface area contributed by atoms with Crippen LogP contribution in [0.3, 0.4) is 0 Å². The van der Waals surface area contributed by atoms with Gasteiger partial charge in [-0.2, -0.15) is 0 Å². The first-order chi connectivity index (χ1) is 10.6. The van der Waals surface area contributed by atoms with Crippen molar-refractivity contribution in [2.24, 2.45) is 0 Å². The number of carbonyl (C=O) groups is 2. The van der Waals surface area contributed by atoms with Crippen molar-refractivity contribution in [2.75, 3.05) is 13.2 Å². The Balaban J connectivity index is 1.78. The maximum atomic E-state index is 11.9. The van der Waals surface area contributed by atoms with E-state index in [2.05, 4.69) is 5.32 Å². The SMILES string of the molecule is Cc1ccc(C(=O)C(=O)NCCOc2cccc(C)c2)cc1. The number of rotatable bonds is 6. The third-order valence-corrected chi connectivity index (χ3v) is 3.17. The minimum Gasteiger partial charge on any atom is -0.492 e. The summed E-state index contributed by atoms with van der Waals surface area (Å²) in [7, 11) is 0. The number of hydrogen-bond acceptors (Lipinski definition) is 3. The first kappa shape index (κ1) is 15.8. The highest BCUT2D eigenvalue weighted by molar-refractivity contribution is 6.42. The molecule has 4 heteroatoms. The van der Waals surface area contributed by atoms with Crippen LogP contribution in [0.4, 0.5) is 0 Å². The molecular formula is C18H19NO3. The Bertz CT molecular complexity index is 662. The molecule has 0 aliphatic heterocycles. The molecule has 22 heavy (non-hydrogen) atoms. The lowest BCUT2D eigenvalue weighted by Crippen LogP contribution is -2.34. The molecule has 0 saturated heterocycles. The molecule has 0 atom stereocenters. The molecule has 1 amide bonds. The molecule has 1 N–H and O–H groups in total. The van der Waals surface area contributed by atoms with Gasteiger partial charge in [-0.3, -0.25) is 9.59 Å². The lowest BCUT2D eigenvalue weighted by atomic mass is 10.1. The normalized spacial score (nSPS) is 10.1. The Morgan fingerprint density at radius 2 is 1.73 bits per heavy atom. The summed E-state index contributed by atoms with van der Waals surface area (Å²) in [5.41, 5.74) is 2.54. The lowest BCUT2D eigenvalue weighted by Gasteiger charge is -2.08. The van der Waals surface area contributed by atoms with Gasteiger partial charge in [0, 0.05) is 5.56 Å². The average Bonchev–Trinajstić information content (AvgIpc) is 2.51. The Morgan fingerprint density at radius 3 is 2.41 bits per heavy atom. The third kappa shape index (κ3) is 4.45. The van der Waals surface area contributed by atoms with E-state index in [1.54, 1.807) is 24.3 Å². The van der Waals surface area contributed by atoms with Crippen LogP contribution in [0.25, 0.3) is 0 Å². The molecule has 0 aliphatic carbocycles. The summed E-state index contributed by atoms with van der Waals surface area (Å²) in [5, 5.41) is 2.57. The van der Waals surface area contributed by atoms with E-state index in [0.717, 1.165) is 16.9 Å². The van der Waals surface area contributed by atoms with Gasteiger partial charge in [0.15, 0.2) is 0 Å². The molecule has 0 heterocycles. The molecule has 2 aromatic rings. The summed E-state index contributed by atoms with van der Waals surface area (Å²) < 4.78 is 5.51. The smallest absolute Gasteiger partial charge is 0.292 e. The van der Waals surface area contributed by atoms with Crippen LogP contribution in [-0.2, 0) is 4.79 Å². The van der Waals surface area contributed by atoms with Crippen molar-refractivity contribution in [3.05, 3.63) is 65.2 Å². The number of Topliss-reactive ketones (excluding diaryl/α,β-unsaturated/α-hetero) is 1. The summed E-state index contributed by atoms with van der Waals surface area (Å²) in [6.07, 6.45) is 0. The minimum atomic E-state index is -0.614. The van der Waals surface area contributed by atoms with Gasteiger partial charge in [0.25, 0.3) is 5.91 Å². The summed E-state index contributed by atoms with van der Waals surface area (Å²) in [6, 6.07) is 14.6. The third-order valence-electron chi connectivity index (χ3n) is 3.17. The van der Waals surface area contributed by atoms with Crippen LogP contribution in [0.1, 0.15) is 21.5 Å². The molecule has 0 saturated carbocycles. The number of benzene rings is 2. The first-order valence-electron chi connectivity index (χ1n) is 7.15. The van der Waals surface area contributed by atoms with Crippen molar-refractivity contribution in [1.29, 1.82) is 0 Å². The topological polar surface area (TPSA) is 55.4 Å². The zero-order valence-corrected chi connectivity index (χ0v) is 12.8. The zero-order chi connectivity index (χ0) is 15.9. The fourth-order valence-corrected chi connectivity index (χ4v) is 1.95. The van der Waals surface area contributed by atoms with E-state index in [1.807, 2.05) is 38.1 Å². The highest BCUT2D eigenvalue weighted by atomic mass is 16.5.